The number of hydrogen-bond donors (Lipinski definition) is 1. The third-order valence-corrected chi connectivity index (χ3v) is 3.13. The molecule has 1 atom stereocenters. The lowest BCUT2D eigenvalue weighted by molar-refractivity contribution is -0.144. The smallest absolute Gasteiger partial charge is 0.408 e. The lowest BCUT2D eigenvalue weighted by atomic mass is 10.1. The average molecular weight is 386 g/mol. The summed E-state index contributed by atoms with van der Waals surface area (Å²) in [5, 5.41) is 2.35. The van der Waals surface area contributed by atoms with Crippen LogP contribution in [-0.2, 0) is 14.3 Å². The zero-order chi connectivity index (χ0) is 17.6. The highest BCUT2D eigenvalue weighted by Gasteiger charge is 2.22. The van der Waals surface area contributed by atoms with E-state index < -0.39 is 23.7 Å². The second-order valence-corrected chi connectivity index (χ2v) is 6.82. The Hall–Kier alpha value is -1.89. The SMILES string of the molecule is CC(NC(=O)OC(C)(C)C)C(=O)OCC(=O)c1ccc(Br)cc1. The van der Waals surface area contributed by atoms with Crippen molar-refractivity contribution in [3.05, 3.63) is 34.3 Å². The molecule has 0 aliphatic carbocycles. The molecule has 1 aromatic carbocycles. The zero-order valence-corrected chi connectivity index (χ0v) is 15.1. The predicted octanol–water partition coefficient (Wildman–Crippen LogP) is 3.09. The van der Waals surface area contributed by atoms with Crippen LogP contribution in [0.15, 0.2) is 28.7 Å². The molecule has 0 fully saturated rings. The molecule has 1 amide bonds. The Balaban J connectivity index is 2.45. The van der Waals surface area contributed by atoms with E-state index in [4.69, 9.17) is 9.47 Å². The second-order valence-electron chi connectivity index (χ2n) is 5.91. The lowest BCUT2D eigenvalue weighted by Crippen LogP contribution is -2.42. The molecular weight excluding hydrogens is 366 g/mol. The summed E-state index contributed by atoms with van der Waals surface area (Å²) in [5.41, 5.74) is -0.223. The van der Waals surface area contributed by atoms with Gasteiger partial charge in [-0.1, -0.05) is 28.1 Å². The van der Waals surface area contributed by atoms with Gasteiger partial charge in [-0.3, -0.25) is 4.79 Å². The first-order valence-corrected chi connectivity index (χ1v) is 7.83. The summed E-state index contributed by atoms with van der Waals surface area (Å²) in [5.74, 6) is -1.03. The number of carbonyl (C=O) groups excluding carboxylic acids is 3. The maximum absolute atomic E-state index is 11.9. The number of alkyl carbamates (subject to hydrolysis) is 1. The third-order valence-electron chi connectivity index (χ3n) is 2.60. The Bertz CT molecular complexity index is 577. The average Bonchev–Trinajstić information content (AvgIpc) is 2.42. The monoisotopic (exact) mass is 385 g/mol. The largest absolute Gasteiger partial charge is 0.456 e. The van der Waals surface area contributed by atoms with E-state index >= 15 is 0 Å². The van der Waals surface area contributed by atoms with Gasteiger partial charge in [0.05, 0.1) is 0 Å². The van der Waals surface area contributed by atoms with Gasteiger partial charge in [-0.05, 0) is 39.8 Å². The number of ketones is 1. The molecule has 1 unspecified atom stereocenters. The molecular formula is C16H20BrNO5. The minimum absolute atomic E-state index is 0.324. The van der Waals surface area contributed by atoms with Gasteiger partial charge in [0.25, 0.3) is 0 Å². The van der Waals surface area contributed by atoms with Gasteiger partial charge in [-0.15, -0.1) is 0 Å². The molecule has 0 radical (unpaired) electrons. The first-order chi connectivity index (χ1) is 10.6. The van der Waals surface area contributed by atoms with Crippen molar-refractivity contribution in [2.24, 2.45) is 0 Å². The number of hydrogen-bond acceptors (Lipinski definition) is 5. The highest BCUT2D eigenvalue weighted by Crippen LogP contribution is 2.11. The fraction of sp³-hybridized carbons (Fsp3) is 0.438. The van der Waals surface area contributed by atoms with Crippen molar-refractivity contribution >= 4 is 33.8 Å². The molecule has 23 heavy (non-hydrogen) atoms. The maximum atomic E-state index is 11.9. The van der Waals surface area contributed by atoms with Gasteiger partial charge < -0.3 is 14.8 Å². The normalized spacial score (nSPS) is 12.2. The number of benzene rings is 1. The van der Waals surface area contributed by atoms with Gasteiger partial charge in [0.2, 0.25) is 0 Å². The highest BCUT2D eigenvalue weighted by molar-refractivity contribution is 9.10. The number of nitrogens with one attached hydrogen (secondary N) is 1. The minimum atomic E-state index is -0.914. The van der Waals surface area contributed by atoms with Crippen LogP contribution >= 0.6 is 15.9 Å². The first-order valence-electron chi connectivity index (χ1n) is 7.03. The number of Topliss-reactive ketones (excluding diaryl/α,β-unsaturated/α-hetero) is 1. The van der Waals surface area contributed by atoms with Crippen LogP contribution in [0.1, 0.15) is 38.1 Å². The number of esters is 1. The lowest BCUT2D eigenvalue weighted by Gasteiger charge is -2.21. The van der Waals surface area contributed by atoms with Crippen LogP contribution in [0.3, 0.4) is 0 Å². The Morgan fingerprint density at radius 2 is 1.74 bits per heavy atom. The fourth-order valence-corrected chi connectivity index (χ4v) is 1.79. The van der Waals surface area contributed by atoms with Crippen LogP contribution in [-0.4, -0.2) is 36.1 Å². The highest BCUT2D eigenvalue weighted by atomic mass is 79.9. The molecule has 0 bridgehead atoms. The van der Waals surface area contributed by atoms with Crippen LogP contribution < -0.4 is 5.32 Å². The molecule has 0 aliphatic heterocycles. The molecule has 1 N–H and O–H groups in total. The van der Waals surface area contributed by atoms with Gasteiger partial charge in [0.15, 0.2) is 12.4 Å². The molecule has 0 saturated carbocycles. The number of carbonyl (C=O) groups is 3. The zero-order valence-electron chi connectivity index (χ0n) is 13.5. The van der Waals surface area contributed by atoms with Crippen molar-refractivity contribution in [3.63, 3.8) is 0 Å². The van der Waals surface area contributed by atoms with E-state index in [1.807, 2.05) is 0 Å². The van der Waals surface area contributed by atoms with Crippen LogP contribution in [0.2, 0.25) is 0 Å². The Kier molecular flexibility index (Phi) is 6.75. The number of ether oxygens (including phenoxy) is 2. The summed E-state index contributed by atoms with van der Waals surface area (Å²) in [6, 6.07) is 5.79. The van der Waals surface area contributed by atoms with Crippen LogP contribution in [0.4, 0.5) is 4.79 Å². The molecule has 126 valence electrons. The van der Waals surface area contributed by atoms with Crippen molar-refractivity contribution in [1.29, 1.82) is 0 Å². The molecule has 0 saturated heterocycles. The Labute approximate surface area is 143 Å². The van der Waals surface area contributed by atoms with Gasteiger partial charge in [-0.25, -0.2) is 9.59 Å². The van der Waals surface area contributed by atoms with Crippen LogP contribution in [0.25, 0.3) is 0 Å². The Morgan fingerprint density at radius 3 is 2.26 bits per heavy atom. The predicted molar refractivity (Wildman–Crippen MR) is 88.3 cm³/mol. The van der Waals surface area contributed by atoms with E-state index in [0.29, 0.717) is 5.56 Å². The van der Waals surface area contributed by atoms with Crippen molar-refractivity contribution < 1.29 is 23.9 Å². The van der Waals surface area contributed by atoms with Crippen molar-refractivity contribution in [2.45, 2.75) is 39.3 Å². The van der Waals surface area contributed by atoms with Gasteiger partial charge in [0, 0.05) is 10.0 Å². The number of halogens is 1. The van der Waals surface area contributed by atoms with Gasteiger partial charge in [-0.2, -0.15) is 0 Å². The van der Waals surface area contributed by atoms with Crippen LogP contribution in [0.5, 0.6) is 0 Å². The number of amides is 1. The topological polar surface area (TPSA) is 81.7 Å². The molecule has 1 rings (SSSR count). The second kappa shape index (κ2) is 8.10. The molecule has 6 nitrogen and oxygen atoms in total. The van der Waals surface area contributed by atoms with E-state index in [1.165, 1.54) is 6.92 Å². The van der Waals surface area contributed by atoms with Gasteiger partial charge >= 0.3 is 12.1 Å². The first kappa shape index (κ1) is 19.2. The van der Waals surface area contributed by atoms with Crippen molar-refractivity contribution in [2.75, 3.05) is 6.61 Å². The fourth-order valence-electron chi connectivity index (χ4n) is 1.52. The van der Waals surface area contributed by atoms with E-state index in [1.54, 1.807) is 45.0 Å². The summed E-state index contributed by atoms with van der Waals surface area (Å²) in [6.07, 6.45) is -0.721. The molecule has 7 heteroatoms. The van der Waals surface area contributed by atoms with Gasteiger partial charge in [0.1, 0.15) is 11.6 Å². The molecule has 0 aliphatic rings. The molecule has 0 aromatic heterocycles. The van der Waals surface area contributed by atoms with E-state index in [0.717, 1.165) is 4.47 Å². The van der Waals surface area contributed by atoms with E-state index in [2.05, 4.69) is 21.2 Å². The minimum Gasteiger partial charge on any atom is -0.456 e. The molecule has 1 aromatic rings. The summed E-state index contributed by atoms with van der Waals surface area (Å²) in [6.45, 7) is 6.21. The standard InChI is InChI=1S/C16H20BrNO5/c1-10(18-15(21)23-16(2,3)4)14(20)22-9-13(19)11-5-7-12(17)8-6-11/h5-8,10H,9H2,1-4H3,(H,18,21). The summed E-state index contributed by atoms with van der Waals surface area (Å²) < 4.78 is 10.8. The number of rotatable bonds is 5. The van der Waals surface area contributed by atoms with E-state index in [-0.39, 0.29) is 12.4 Å². The van der Waals surface area contributed by atoms with Crippen molar-refractivity contribution in [3.8, 4) is 0 Å². The quantitative estimate of drug-likeness (QED) is 0.621. The summed E-state index contributed by atoms with van der Waals surface area (Å²) in [7, 11) is 0. The Morgan fingerprint density at radius 1 is 1.17 bits per heavy atom. The van der Waals surface area contributed by atoms with Crippen molar-refractivity contribution in [1.82, 2.24) is 5.32 Å². The molecule has 0 heterocycles. The maximum Gasteiger partial charge on any atom is 0.408 e. The third kappa shape index (κ3) is 7.27. The summed E-state index contributed by atoms with van der Waals surface area (Å²) >= 11 is 3.27. The molecule has 0 spiro atoms. The van der Waals surface area contributed by atoms with Crippen LogP contribution in [0, 0.1) is 0 Å². The van der Waals surface area contributed by atoms with E-state index in [9.17, 15) is 14.4 Å². The summed E-state index contributed by atoms with van der Waals surface area (Å²) in [4.78, 5) is 35.2.